The van der Waals surface area contributed by atoms with E-state index in [-0.39, 0.29) is 17.4 Å². The Morgan fingerprint density at radius 2 is 1.71 bits per heavy atom. The third-order valence-corrected chi connectivity index (χ3v) is 3.22. The summed E-state index contributed by atoms with van der Waals surface area (Å²) in [5.74, 6) is -0.456. The van der Waals surface area contributed by atoms with E-state index in [1.807, 2.05) is 49.4 Å². The highest BCUT2D eigenvalue weighted by atomic mass is 16.1. The fourth-order valence-corrected chi connectivity index (χ4v) is 1.96. The Morgan fingerprint density at radius 1 is 1.05 bits per heavy atom. The molecule has 21 heavy (non-hydrogen) atoms. The fourth-order valence-electron chi connectivity index (χ4n) is 1.96. The molecule has 2 aromatic carbocycles. The molecule has 0 saturated carbocycles. The second-order valence-electron chi connectivity index (χ2n) is 4.61. The first-order valence-electron chi connectivity index (χ1n) is 6.45. The molecule has 1 unspecified atom stereocenters. The Morgan fingerprint density at radius 3 is 2.33 bits per heavy atom. The van der Waals surface area contributed by atoms with Crippen molar-refractivity contribution in [2.75, 3.05) is 5.32 Å². The highest BCUT2D eigenvalue weighted by Crippen LogP contribution is 2.19. The molecule has 1 N–H and O–H groups in total. The van der Waals surface area contributed by atoms with Crippen LogP contribution in [0.4, 0.5) is 5.69 Å². The van der Waals surface area contributed by atoms with Crippen molar-refractivity contribution in [2.45, 2.75) is 12.8 Å². The van der Waals surface area contributed by atoms with Crippen LogP contribution in [-0.4, -0.2) is 5.91 Å². The number of amides is 1. The summed E-state index contributed by atoms with van der Waals surface area (Å²) in [6.07, 6.45) is 0. The minimum Gasteiger partial charge on any atom is -0.326 e. The highest BCUT2D eigenvalue weighted by molar-refractivity contribution is 5.95. The second kappa shape index (κ2) is 6.36. The maximum absolute atomic E-state index is 12.2. The molecular weight excluding hydrogens is 262 g/mol. The summed E-state index contributed by atoms with van der Waals surface area (Å²) in [7, 11) is 0. The first-order valence-corrected chi connectivity index (χ1v) is 6.45. The summed E-state index contributed by atoms with van der Waals surface area (Å²) >= 11 is 0. The molecule has 0 bridgehead atoms. The van der Waals surface area contributed by atoms with Gasteiger partial charge >= 0.3 is 0 Å². The van der Waals surface area contributed by atoms with Gasteiger partial charge in [0.2, 0.25) is 5.91 Å². The number of hydrogen-bond acceptors (Lipinski definition) is 3. The molecule has 0 spiro atoms. The SMILES string of the molecule is CC(C(=O)Nc1ccc(C#N)c(C#N)c1)c1ccccc1. The molecule has 0 radical (unpaired) electrons. The van der Waals surface area contributed by atoms with E-state index in [2.05, 4.69) is 5.32 Å². The van der Waals surface area contributed by atoms with Crippen molar-refractivity contribution in [3.05, 3.63) is 65.2 Å². The summed E-state index contributed by atoms with van der Waals surface area (Å²) in [5.41, 5.74) is 1.98. The topological polar surface area (TPSA) is 76.7 Å². The lowest BCUT2D eigenvalue weighted by molar-refractivity contribution is -0.117. The molecule has 0 fully saturated rings. The number of benzene rings is 2. The lowest BCUT2D eigenvalue weighted by atomic mass is 10.0. The standard InChI is InChI=1S/C17H13N3O/c1-12(13-5-3-2-4-6-13)17(21)20-16-8-7-14(10-18)15(9-16)11-19/h2-9,12H,1H3,(H,20,21). The molecule has 4 heteroatoms. The van der Waals surface area contributed by atoms with Crippen LogP contribution in [0.2, 0.25) is 0 Å². The number of nitrogens with zero attached hydrogens (tertiary/aromatic N) is 2. The summed E-state index contributed by atoms with van der Waals surface area (Å²) in [6, 6.07) is 18.0. The number of nitriles is 2. The molecule has 4 nitrogen and oxygen atoms in total. The molecular formula is C17H13N3O. The minimum absolute atomic E-state index is 0.158. The lowest BCUT2D eigenvalue weighted by Gasteiger charge is -2.12. The number of anilines is 1. The van der Waals surface area contributed by atoms with E-state index < -0.39 is 0 Å². The summed E-state index contributed by atoms with van der Waals surface area (Å²) in [4.78, 5) is 12.2. The van der Waals surface area contributed by atoms with Gasteiger partial charge in [0.25, 0.3) is 0 Å². The molecule has 1 atom stereocenters. The average Bonchev–Trinajstić information content (AvgIpc) is 2.54. The monoisotopic (exact) mass is 275 g/mol. The summed E-state index contributed by atoms with van der Waals surface area (Å²) in [6.45, 7) is 1.82. The minimum atomic E-state index is -0.299. The van der Waals surface area contributed by atoms with Crippen molar-refractivity contribution in [1.82, 2.24) is 0 Å². The number of hydrogen-bond donors (Lipinski definition) is 1. The van der Waals surface area contributed by atoms with E-state index in [4.69, 9.17) is 10.5 Å². The maximum atomic E-state index is 12.2. The van der Waals surface area contributed by atoms with Crippen LogP contribution in [0.1, 0.15) is 29.5 Å². The lowest BCUT2D eigenvalue weighted by Crippen LogP contribution is -2.18. The van der Waals surface area contributed by atoms with Gasteiger partial charge in [-0.05, 0) is 30.7 Å². The third-order valence-electron chi connectivity index (χ3n) is 3.22. The zero-order valence-corrected chi connectivity index (χ0v) is 11.5. The number of carbonyl (C=O) groups excluding carboxylic acids is 1. The number of rotatable bonds is 3. The first-order chi connectivity index (χ1) is 10.2. The van der Waals surface area contributed by atoms with Gasteiger partial charge in [-0.2, -0.15) is 10.5 Å². The van der Waals surface area contributed by atoms with Gasteiger partial charge in [0.15, 0.2) is 0 Å². The van der Waals surface area contributed by atoms with Crippen molar-refractivity contribution < 1.29 is 4.79 Å². The zero-order chi connectivity index (χ0) is 15.2. The van der Waals surface area contributed by atoms with Crippen LogP contribution < -0.4 is 5.32 Å². The van der Waals surface area contributed by atoms with Crippen LogP contribution in [0.3, 0.4) is 0 Å². The van der Waals surface area contributed by atoms with Crippen molar-refractivity contribution in [3.63, 3.8) is 0 Å². The molecule has 0 aromatic heterocycles. The average molecular weight is 275 g/mol. The van der Waals surface area contributed by atoms with Gasteiger partial charge in [-0.1, -0.05) is 30.3 Å². The van der Waals surface area contributed by atoms with E-state index in [0.717, 1.165) is 5.56 Å². The van der Waals surface area contributed by atoms with E-state index >= 15 is 0 Å². The van der Waals surface area contributed by atoms with Gasteiger partial charge in [-0.25, -0.2) is 0 Å². The fraction of sp³-hybridized carbons (Fsp3) is 0.118. The van der Waals surface area contributed by atoms with Gasteiger partial charge < -0.3 is 5.32 Å². The maximum Gasteiger partial charge on any atom is 0.231 e. The summed E-state index contributed by atoms with van der Waals surface area (Å²) < 4.78 is 0. The van der Waals surface area contributed by atoms with Crippen LogP contribution in [-0.2, 0) is 4.79 Å². The Kier molecular flexibility index (Phi) is 4.33. The van der Waals surface area contributed by atoms with Gasteiger partial charge in [0.05, 0.1) is 17.0 Å². The van der Waals surface area contributed by atoms with E-state index in [1.165, 1.54) is 12.1 Å². The Hall–Kier alpha value is -3.11. The van der Waals surface area contributed by atoms with E-state index in [0.29, 0.717) is 11.3 Å². The molecule has 0 aliphatic heterocycles. The third kappa shape index (κ3) is 3.26. The molecule has 2 rings (SSSR count). The molecule has 0 saturated heterocycles. The van der Waals surface area contributed by atoms with Crippen molar-refractivity contribution in [2.24, 2.45) is 0 Å². The Balaban J connectivity index is 2.17. The normalized spacial score (nSPS) is 11.0. The van der Waals surface area contributed by atoms with Crippen molar-refractivity contribution >= 4 is 11.6 Å². The predicted octanol–water partition coefficient (Wildman–Crippen LogP) is 3.17. The van der Waals surface area contributed by atoms with Gasteiger partial charge in [-0.15, -0.1) is 0 Å². The van der Waals surface area contributed by atoms with Gasteiger partial charge in [-0.3, -0.25) is 4.79 Å². The molecule has 1 amide bonds. The first kappa shape index (κ1) is 14.3. The van der Waals surface area contributed by atoms with E-state index in [9.17, 15) is 4.79 Å². The molecule has 102 valence electrons. The van der Waals surface area contributed by atoms with Crippen LogP contribution in [0.15, 0.2) is 48.5 Å². The number of nitrogens with one attached hydrogen (secondary N) is 1. The van der Waals surface area contributed by atoms with Crippen LogP contribution in [0, 0.1) is 22.7 Å². The molecule has 0 aliphatic carbocycles. The van der Waals surface area contributed by atoms with Crippen LogP contribution >= 0.6 is 0 Å². The highest BCUT2D eigenvalue weighted by Gasteiger charge is 2.15. The summed E-state index contributed by atoms with van der Waals surface area (Å²) in [5, 5.41) is 20.6. The predicted molar refractivity (Wildman–Crippen MR) is 79.4 cm³/mol. The molecule has 0 heterocycles. The Bertz CT molecular complexity index is 739. The zero-order valence-electron chi connectivity index (χ0n) is 11.5. The van der Waals surface area contributed by atoms with Gasteiger partial charge in [0, 0.05) is 5.69 Å². The second-order valence-corrected chi connectivity index (χ2v) is 4.61. The quantitative estimate of drug-likeness (QED) is 0.934. The van der Waals surface area contributed by atoms with Crippen molar-refractivity contribution in [1.29, 1.82) is 10.5 Å². The van der Waals surface area contributed by atoms with Crippen LogP contribution in [0.5, 0.6) is 0 Å². The molecule has 0 aliphatic rings. The van der Waals surface area contributed by atoms with E-state index in [1.54, 1.807) is 6.07 Å². The van der Waals surface area contributed by atoms with Gasteiger partial charge in [0.1, 0.15) is 12.1 Å². The van der Waals surface area contributed by atoms with Crippen molar-refractivity contribution in [3.8, 4) is 12.1 Å². The molecule has 2 aromatic rings. The smallest absolute Gasteiger partial charge is 0.231 e. The Labute approximate surface area is 123 Å². The van der Waals surface area contributed by atoms with Crippen LogP contribution in [0.25, 0.3) is 0 Å². The number of carbonyl (C=O) groups is 1. The largest absolute Gasteiger partial charge is 0.326 e.